The number of hydrogen-bond acceptors (Lipinski definition) is 20. The van der Waals surface area contributed by atoms with E-state index in [0.717, 1.165) is 11.9 Å². The van der Waals surface area contributed by atoms with Crippen molar-refractivity contribution in [2.75, 3.05) is 76.6 Å². The van der Waals surface area contributed by atoms with Crippen LogP contribution in [0.5, 0.6) is 0 Å². The van der Waals surface area contributed by atoms with E-state index in [9.17, 15) is 59.4 Å². The number of ether oxygens (including phenoxy) is 3. The van der Waals surface area contributed by atoms with E-state index in [1.54, 1.807) is 53.6 Å². The van der Waals surface area contributed by atoms with Gasteiger partial charge in [-0.3, -0.25) is 33.8 Å². The molecular weight excluding hydrogens is 1230 g/mol. The Morgan fingerprint density at radius 3 is 1.88 bits per heavy atom. The standard InChI is InChI=1S/C57H67N13O17S3/c71-52(21-18-48(55(74)75)67-54(73)43-11-20-51(62-36-43)68-64-35-39-4-12-47(13-5-39)90(82,83)84)58-23-2-28-85-30-32-87-33-31-86-29-3-24-66-88(78,79)45-14-6-40(7-15-45)41-8-16-46(17-9-41)89(80,81)69-49(56(76)77)38-63-53(72)42-10-19-50-44(34-42)37-65-70(50)27-1-22-59-57-60-25-26-61-57/h4-17,19-20,25-26,34-37,48-49,66,69H,1-3,18,21-24,27-33,38H2,(H,58,71)(H,62,68)(H,63,72)(H,67,73)(H,74,75)(H,76,77)(H2,59,60,61)(H,82,83,84). The van der Waals surface area contributed by atoms with Gasteiger partial charge in [-0.05, 0) is 109 Å². The molecule has 2 atom stereocenters. The molecular formula is C57H67N13O17S3. The molecule has 2 unspecified atom stereocenters. The van der Waals surface area contributed by atoms with Crippen LogP contribution in [0, 0.1) is 0 Å². The molecule has 3 amide bonds. The van der Waals surface area contributed by atoms with Crippen LogP contribution in [-0.4, -0.2) is 179 Å². The van der Waals surface area contributed by atoms with Crippen molar-refractivity contribution in [3.8, 4) is 11.1 Å². The van der Waals surface area contributed by atoms with Crippen molar-refractivity contribution in [3.05, 3.63) is 145 Å². The summed E-state index contributed by atoms with van der Waals surface area (Å²) in [5.74, 6) is -3.67. The molecule has 0 spiro atoms. The van der Waals surface area contributed by atoms with Crippen LogP contribution in [0.25, 0.3) is 22.0 Å². The first-order valence-corrected chi connectivity index (χ1v) is 32.3. The molecule has 0 bridgehead atoms. The van der Waals surface area contributed by atoms with E-state index in [0.29, 0.717) is 60.6 Å². The first kappa shape index (κ1) is 68.4. The van der Waals surface area contributed by atoms with Gasteiger partial charge in [0, 0.05) is 81.9 Å². The lowest BCUT2D eigenvalue weighted by Crippen LogP contribution is -2.48. The number of aromatic amines is 1. The lowest BCUT2D eigenvalue weighted by atomic mass is 10.1. The summed E-state index contributed by atoms with van der Waals surface area (Å²) < 4.78 is 107. The van der Waals surface area contributed by atoms with Crippen molar-refractivity contribution in [2.24, 2.45) is 5.10 Å². The number of fused-ring (bicyclic) bond motifs is 1. The molecule has 0 fully saturated rings. The van der Waals surface area contributed by atoms with E-state index >= 15 is 0 Å². The Morgan fingerprint density at radius 1 is 0.644 bits per heavy atom. The van der Waals surface area contributed by atoms with Crippen LogP contribution in [0.4, 0.5) is 11.8 Å². The number of hydrogen-bond donors (Lipinski definition) is 11. The molecule has 7 aromatic rings. The number of nitrogens with one attached hydrogen (secondary N) is 8. The second-order valence-electron chi connectivity index (χ2n) is 19.7. The maximum absolute atomic E-state index is 13.3. The lowest BCUT2D eigenvalue weighted by molar-refractivity contribution is -0.140. The molecule has 11 N–H and O–H groups in total. The van der Waals surface area contributed by atoms with Gasteiger partial charge in [0.25, 0.3) is 21.9 Å². The van der Waals surface area contributed by atoms with Crippen molar-refractivity contribution >= 4 is 88.7 Å². The molecule has 0 aliphatic heterocycles. The normalized spacial score (nSPS) is 12.5. The molecule has 3 aromatic heterocycles. The van der Waals surface area contributed by atoms with Gasteiger partial charge < -0.3 is 50.7 Å². The summed E-state index contributed by atoms with van der Waals surface area (Å²) in [6.07, 6.45) is 8.80. The summed E-state index contributed by atoms with van der Waals surface area (Å²) in [5, 5.41) is 39.3. The fourth-order valence-corrected chi connectivity index (χ4v) is 11.1. The Hall–Kier alpha value is -9.06. The van der Waals surface area contributed by atoms with Crippen molar-refractivity contribution in [1.82, 2.24) is 50.1 Å². The summed E-state index contributed by atoms with van der Waals surface area (Å²) in [6.45, 7) is 2.69. The second-order valence-corrected chi connectivity index (χ2v) is 24.6. The third-order valence-corrected chi connectivity index (χ3v) is 16.9. The zero-order valence-electron chi connectivity index (χ0n) is 48.2. The van der Waals surface area contributed by atoms with Crippen molar-refractivity contribution in [3.63, 3.8) is 0 Å². The van der Waals surface area contributed by atoms with Crippen LogP contribution in [0.2, 0.25) is 0 Å². The maximum Gasteiger partial charge on any atom is 0.326 e. The van der Waals surface area contributed by atoms with E-state index in [2.05, 4.69) is 61.3 Å². The summed E-state index contributed by atoms with van der Waals surface area (Å²) in [6, 6.07) is 21.4. The third kappa shape index (κ3) is 21.6. The van der Waals surface area contributed by atoms with Gasteiger partial charge in [0.05, 0.1) is 64.6 Å². The van der Waals surface area contributed by atoms with E-state index in [-0.39, 0.29) is 90.6 Å². The number of aromatic nitrogens is 5. The molecule has 90 heavy (non-hydrogen) atoms. The van der Waals surface area contributed by atoms with E-state index < -0.39 is 78.5 Å². The highest BCUT2D eigenvalue weighted by atomic mass is 32.2. The minimum atomic E-state index is -4.38. The van der Waals surface area contributed by atoms with Crippen molar-refractivity contribution < 1.29 is 78.2 Å². The smallest absolute Gasteiger partial charge is 0.326 e. The Kier molecular flexibility index (Phi) is 25.5. The molecule has 4 aromatic carbocycles. The number of imidazole rings is 1. The number of carboxylic acids is 2. The van der Waals surface area contributed by atoms with Gasteiger partial charge in [0.2, 0.25) is 26.0 Å². The molecule has 3 heterocycles. The van der Waals surface area contributed by atoms with Gasteiger partial charge in [0.15, 0.2) is 5.95 Å². The summed E-state index contributed by atoms with van der Waals surface area (Å²) >= 11 is 0. The van der Waals surface area contributed by atoms with Crippen LogP contribution >= 0.6 is 0 Å². The SMILES string of the molecule is O=C(CCC(NC(=O)c1ccc(NN=Cc2ccc(S(=O)(=O)O)cc2)nc1)C(=O)O)NCCCOCCOCCOCCCNS(=O)(=O)c1ccc(-c2ccc(S(=O)(=O)NC(CNC(=O)c3ccc4c(cnn4CCCNc4ncc[nH]4)c3)C(=O)O)cc2)cc1. The van der Waals surface area contributed by atoms with Gasteiger partial charge >= 0.3 is 11.9 Å². The highest BCUT2D eigenvalue weighted by Gasteiger charge is 2.27. The van der Waals surface area contributed by atoms with Crippen molar-refractivity contribution in [2.45, 2.75) is 65.4 Å². The Labute approximate surface area is 517 Å². The number of pyridine rings is 1. The number of carbonyl (C=O) groups excluding carboxylic acids is 3. The van der Waals surface area contributed by atoms with Crippen LogP contribution in [0.15, 0.2) is 148 Å². The number of nitrogens with zero attached hydrogens (tertiary/aromatic N) is 5. The number of hydrazone groups is 1. The lowest BCUT2D eigenvalue weighted by Gasteiger charge is -2.16. The maximum atomic E-state index is 13.3. The predicted molar refractivity (Wildman–Crippen MR) is 327 cm³/mol. The quantitative estimate of drug-likeness (QED) is 0.0114. The monoisotopic (exact) mass is 1300 g/mol. The molecule has 0 aliphatic carbocycles. The number of anilines is 2. The minimum Gasteiger partial charge on any atom is -0.480 e. The number of H-pyrrole nitrogens is 1. The summed E-state index contributed by atoms with van der Waals surface area (Å²) in [7, 11) is -12.6. The second kappa shape index (κ2) is 33.5. The van der Waals surface area contributed by atoms with E-state index in [1.165, 1.54) is 85.2 Å². The van der Waals surface area contributed by atoms with E-state index in [4.69, 9.17) is 18.8 Å². The molecule has 30 nitrogen and oxygen atoms in total. The number of sulfonamides is 2. The van der Waals surface area contributed by atoms with Crippen LogP contribution in [0.1, 0.15) is 58.4 Å². The number of aliphatic carboxylic acids is 2. The van der Waals surface area contributed by atoms with Gasteiger partial charge in [-0.15, -0.1) is 0 Å². The summed E-state index contributed by atoms with van der Waals surface area (Å²) in [5.41, 5.74) is 5.36. The van der Waals surface area contributed by atoms with Crippen LogP contribution in [-0.2, 0) is 65.3 Å². The molecule has 480 valence electrons. The molecule has 33 heteroatoms. The number of amides is 3. The zero-order chi connectivity index (χ0) is 64.5. The van der Waals surface area contributed by atoms with Gasteiger partial charge in [-0.2, -0.15) is 23.3 Å². The van der Waals surface area contributed by atoms with Crippen molar-refractivity contribution in [1.29, 1.82) is 0 Å². The molecule has 0 radical (unpaired) electrons. The zero-order valence-corrected chi connectivity index (χ0v) is 50.6. The highest BCUT2D eigenvalue weighted by molar-refractivity contribution is 7.89. The van der Waals surface area contributed by atoms with E-state index in [1.807, 2.05) is 0 Å². The number of carboxylic acid groups (broad SMARTS) is 2. The highest BCUT2D eigenvalue weighted by Crippen LogP contribution is 2.24. The Morgan fingerprint density at radius 2 is 1.27 bits per heavy atom. The fourth-order valence-electron chi connectivity index (χ4n) is 8.35. The van der Waals surface area contributed by atoms with Crippen LogP contribution in [0.3, 0.4) is 0 Å². The molecule has 0 saturated heterocycles. The van der Waals surface area contributed by atoms with Gasteiger partial charge in [-0.25, -0.2) is 36.3 Å². The van der Waals surface area contributed by atoms with Gasteiger partial charge in [0.1, 0.15) is 17.9 Å². The largest absolute Gasteiger partial charge is 0.480 e. The first-order chi connectivity index (χ1) is 43.1. The molecule has 0 aliphatic rings. The van der Waals surface area contributed by atoms with Gasteiger partial charge in [-0.1, -0.05) is 36.4 Å². The summed E-state index contributed by atoms with van der Waals surface area (Å²) in [4.78, 5) is 72.8. The number of rotatable bonds is 39. The first-order valence-electron chi connectivity index (χ1n) is 27.9. The predicted octanol–water partition coefficient (Wildman–Crippen LogP) is 3.07. The third-order valence-electron chi connectivity index (χ3n) is 13.1. The average Bonchev–Trinajstić information content (AvgIpc) is 1.78. The fraction of sp³-hybridized carbons (Fsp3) is 0.316. The number of carbonyl (C=O) groups is 5. The molecule has 7 rings (SSSR count). The Bertz CT molecular complexity index is 3900. The number of aryl methyl sites for hydroxylation is 1. The minimum absolute atomic E-state index is 0.00207. The average molecular weight is 1300 g/mol. The number of benzene rings is 4. The van der Waals surface area contributed by atoms with Crippen LogP contribution < -0.4 is 36.1 Å². The topological polar surface area (TPSA) is 432 Å². The Balaban J connectivity index is 0.696. The molecule has 0 saturated carbocycles.